The summed E-state index contributed by atoms with van der Waals surface area (Å²) in [6.07, 6.45) is 3.97. The largest absolute Gasteiger partial charge is 0.492 e. The van der Waals surface area contributed by atoms with Crippen LogP contribution < -0.4 is 4.74 Å². The Morgan fingerprint density at radius 2 is 1.82 bits per heavy atom. The molecule has 0 N–H and O–H groups in total. The summed E-state index contributed by atoms with van der Waals surface area (Å²) in [7, 11) is 0. The summed E-state index contributed by atoms with van der Waals surface area (Å²) in [5.74, 6) is 0.735. The van der Waals surface area contributed by atoms with Crippen molar-refractivity contribution in [2.45, 2.75) is 6.54 Å². The summed E-state index contributed by atoms with van der Waals surface area (Å²) in [6.45, 7) is 1.38. The lowest BCUT2D eigenvalue weighted by Crippen LogP contribution is -2.06. The molecular formula is C13H12ClNO2. The molecule has 0 saturated carbocycles. The molecule has 3 nitrogen and oxygen atoms in total. The first kappa shape index (κ1) is 11.7. The minimum Gasteiger partial charge on any atom is -0.492 e. The standard InChI is InChI=1S/C13H12ClNO2/c14-13(16)11-3-5-12(6-4-11)17-10-9-15-7-1-2-8-15/h1-8H,9-10H2. The Bertz CT molecular complexity index is 477. The van der Waals surface area contributed by atoms with Gasteiger partial charge in [-0.1, -0.05) is 0 Å². The van der Waals surface area contributed by atoms with Gasteiger partial charge in [-0.2, -0.15) is 0 Å². The van der Waals surface area contributed by atoms with E-state index in [2.05, 4.69) is 0 Å². The van der Waals surface area contributed by atoms with E-state index in [4.69, 9.17) is 16.3 Å². The Hall–Kier alpha value is -1.74. The molecule has 0 bridgehead atoms. The number of carbonyl (C=O) groups excluding carboxylic acids is 1. The van der Waals surface area contributed by atoms with Crippen molar-refractivity contribution in [2.75, 3.05) is 6.61 Å². The van der Waals surface area contributed by atoms with Crippen molar-refractivity contribution in [1.29, 1.82) is 0 Å². The molecule has 0 radical (unpaired) electrons. The topological polar surface area (TPSA) is 31.2 Å². The van der Waals surface area contributed by atoms with Crippen LogP contribution in [0.25, 0.3) is 0 Å². The van der Waals surface area contributed by atoms with E-state index in [1.54, 1.807) is 24.3 Å². The summed E-state index contributed by atoms with van der Waals surface area (Å²) in [5.41, 5.74) is 0.476. The fourth-order valence-electron chi connectivity index (χ4n) is 1.47. The summed E-state index contributed by atoms with van der Waals surface area (Å²) >= 11 is 5.34. The van der Waals surface area contributed by atoms with Gasteiger partial charge in [-0.3, -0.25) is 4.79 Å². The molecule has 0 saturated heterocycles. The number of aromatic nitrogens is 1. The van der Waals surface area contributed by atoms with Crippen molar-refractivity contribution in [3.8, 4) is 5.75 Å². The molecule has 1 aromatic carbocycles. The van der Waals surface area contributed by atoms with E-state index in [1.165, 1.54) is 0 Å². The van der Waals surface area contributed by atoms with Crippen LogP contribution >= 0.6 is 11.6 Å². The van der Waals surface area contributed by atoms with Gasteiger partial charge < -0.3 is 9.30 Å². The Balaban J connectivity index is 1.85. The van der Waals surface area contributed by atoms with Crippen LogP contribution in [0, 0.1) is 0 Å². The van der Waals surface area contributed by atoms with Gasteiger partial charge in [0.05, 0.1) is 6.54 Å². The van der Waals surface area contributed by atoms with Crippen molar-refractivity contribution in [1.82, 2.24) is 4.57 Å². The molecule has 2 rings (SSSR count). The molecule has 0 unspecified atom stereocenters. The molecule has 0 aliphatic rings. The maximum atomic E-state index is 10.8. The minimum absolute atomic E-state index is 0.455. The molecule has 0 fully saturated rings. The monoisotopic (exact) mass is 249 g/mol. The van der Waals surface area contributed by atoms with Gasteiger partial charge >= 0.3 is 0 Å². The van der Waals surface area contributed by atoms with Crippen LogP contribution in [0.1, 0.15) is 10.4 Å². The molecule has 88 valence electrons. The zero-order valence-corrected chi connectivity index (χ0v) is 9.93. The molecule has 0 spiro atoms. The number of carbonyl (C=O) groups is 1. The van der Waals surface area contributed by atoms with Crippen molar-refractivity contribution >= 4 is 16.8 Å². The van der Waals surface area contributed by atoms with Gasteiger partial charge in [0.15, 0.2) is 0 Å². The Labute approximate surface area is 105 Å². The summed E-state index contributed by atoms with van der Waals surface area (Å²) in [4.78, 5) is 10.8. The van der Waals surface area contributed by atoms with E-state index in [0.29, 0.717) is 12.2 Å². The Kier molecular flexibility index (Phi) is 3.83. The molecule has 0 atom stereocenters. The molecular weight excluding hydrogens is 238 g/mol. The molecule has 1 aromatic heterocycles. The summed E-state index contributed by atoms with van der Waals surface area (Å²) in [5, 5.41) is -0.455. The molecule has 0 aliphatic heterocycles. The lowest BCUT2D eigenvalue weighted by Gasteiger charge is -2.07. The average molecular weight is 250 g/mol. The second-order valence-corrected chi connectivity index (χ2v) is 3.91. The van der Waals surface area contributed by atoms with E-state index in [0.717, 1.165) is 12.3 Å². The number of ether oxygens (including phenoxy) is 1. The third-order valence-corrected chi connectivity index (χ3v) is 2.58. The van der Waals surface area contributed by atoms with Crippen LogP contribution in [0.4, 0.5) is 0 Å². The number of halogens is 1. The van der Waals surface area contributed by atoms with E-state index >= 15 is 0 Å². The Morgan fingerprint density at radius 1 is 1.18 bits per heavy atom. The van der Waals surface area contributed by atoms with Crippen molar-refractivity contribution in [2.24, 2.45) is 0 Å². The highest BCUT2D eigenvalue weighted by Crippen LogP contribution is 2.13. The number of hydrogen-bond donors (Lipinski definition) is 0. The Morgan fingerprint density at radius 3 is 2.41 bits per heavy atom. The van der Waals surface area contributed by atoms with Gasteiger partial charge in [0.25, 0.3) is 5.24 Å². The van der Waals surface area contributed by atoms with Crippen molar-refractivity contribution in [3.63, 3.8) is 0 Å². The number of rotatable bonds is 5. The highest BCUT2D eigenvalue weighted by Gasteiger charge is 2.01. The second kappa shape index (κ2) is 5.55. The normalized spacial score (nSPS) is 10.2. The minimum atomic E-state index is -0.455. The number of hydrogen-bond acceptors (Lipinski definition) is 2. The van der Waals surface area contributed by atoms with Crippen LogP contribution in [0.15, 0.2) is 48.8 Å². The molecule has 1 heterocycles. The first-order chi connectivity index (χ1) is 8.25. The van der Waals surface area contributed by atoms with Gasteiger partial charge in [-0.05, 0) is 48.0 Å². The quantitative estimate of drug-likeness (QED) is 0.763. The first-order valence-electron chi connectivity index (χ1n) is 5.29. The third-order valence-electron chi connectivity index (χ3n) is 2.37. The highest BCUT2D eigenvalue weighted by molar-refractivity contribution is 6.67. The van der Waals surface area contributed by atoms with Gasteiger partial charge in [0.2, 0.25) is 0 Å². The van der Waals surface area contributed by atoms with Crippen LogP contribution in [0.2, 0.25) is 0 Å². The van der Waals surface area contributed by atoms with Crippen LogP contribution in [-0.2, 0) is 6.54 Å². The number of nitrogens with zero attached hydrogens (tertiary/aromatic N) is 1. The molecule has 0 amide bonds. The average Bonchev–Trinajstić information content (AvgIpc) is 2.83. The maximum Gasteiger partial charge on any atom is 0.252 e. The van der Waals surface area contributed by atoms with E-state index in [1.807, 2.05) is 29.1 Å². The molecule has 0 aliphatic carbocycles. The SMILES string of the molecule is O=C(Cl)c1ccc(OCCn2cccc2)cc1. The number of benzene rings is 1. The summed E-state index contributed by atoms with van der Waals surface area (Å²) in [6, 6.07) is 10.7. The smallest absolute Gasteiger partial charge is 0.252 e. The maximum absolute atomic E-state index is 10.8. The summed E-state index contributed by atoms with van der Waals surface area (Å²) < 4.78 is 7.58. The van der Waals surface area contributed by atoms with Crippen LogP contribution in [-0.4, -0.2) is 16.4 Å². The van der Waals surface area contributed by atoms with E-state index < -0.39 is 5.24 Å². The zero-order valence-electron chi connectivity index (χ0n) is 9.17. The lowest BCUT2D eigenvalue weighted by molar-refractivity contribution is 0.108. The second-order valence-electron chi connectivity index (χ2n) is 3.57. The first-order valence-corrected chi connectivity index (χ1v) is 5.67. The van der Waals surface area contributed by atoms with Gasteiger partial charge in [-0.15, -0.1) is 0 Å². The van der Waals surface area contributed by atoms with Crippen molar-refractivity contribution in [3.05, 3.63) is 54.4 Å². The van der Waals surface area contributed by atoms with Gasteiger partial charge in [0.1, 0.15) is 12.4 Å². The zero-order chi connectivity index (χ0) is 12.1. The van der Waals surface area contributed by atoms with Gasteiger partial charge in [-0.25, -0.2) is 0 Å². The molecule has 4 heteroatoms. The van der Waals surface area contributed by atoms with Crippen LogP contribution in [0.3, 0.4) is 0 Å². The lowest BCUT2D eigenvalue weighted by atomic mass is 10.2. The van der Waals surface area contributed by atoms with Gasteiger partial charge in [0, 0.05) is 18.0 Å². The molecule has 2 aromatic rings. The fourth-order valence-corrected chi connectivity index (χ4v) is 1.60. The highest BCUT2D eigenvalue weighted by atomic mass is 35.5. The molecule has 17 heavy (non-hydrogen) atoms. The predicted molar refractivity (Wildman–Crippen MR) is 66.6 cm³/mol. The van der Waals surface area contributed by atoms with E-state index in [9.17, 15) is 4.79 Å². The van der Waals surface area contributed by atoms with E-state index in [-0.39, 0.29) is 0 Å². The fraction of sp³-hybridized carbons (Fsp3) is 0.154. The van der Waals surface area contributed by atoms with Crippen LogP contribution in [0.5, 0.6) is 5.75 Å². The predicted octanol–water partition coefficient (Wildman–Crippen LogP) is 2.95. The third kappa shape index (κ3) is 3.36. The van der Waals surface area contributed by atoms with Crippen molar-refractivity contribution < 1.29 is 9.53 Å².